The van der Waals surface area contributed by atoms with Crippen molar-refractivity contribution in [3.63, 3.8) is 0 Å². The molecule has 0 saturated heterocycles. The maximum absolute atomic E-state index is 11.7. The summed E-state index contributed by atoms with van der Waals surface area (Å²) in [6, 6.07) is 0. The van der Waals surface area contributed by atoms with Crippen molar-refractivity contribution < 1.29 is 9.53 Å². The lowest BCUT2D eigenvalue weighted by Crippen LogP contribution is -2.25. The first kappa shape index (κ1) is 15.5. The van der Waals surface area contributed by atoms with Crippen LogP contribution in [0.2, 0.25) is 0 Å². The summed E-state index contributed by atoms with van der Waals surface area (Å²) in [5.41, 5.74) is 0. The van der Waals surface area contributed by atoms with Crippen molar-refractivity contribution in [1.29, 1.82) is 0 Å². The number of hydrogen-bond acceptors (Lipinski definition) is 2. The highest BCUT2D eigenvalue weighted by molar-refractivity contribution is 5.72. The fourth-order valence-corrected chi connectivity index (χ4v) is 1.69. The molecule has 0 radical (unpaired) electrons. The molecule has 1 atom stereocenters. The third kappa shape index (κ3) is 6.86. The molecule has 2 heteroatoms. The first-order chi connectivity index (χ1) is 7.36. The lowest BCUT2D eigenvalue weighted by molar-refractivity contribution is -0.155. The Morgan fingerprint density at radius 1 is 1.00 bits per heavy atom. The van der Waals surface area contributed by atoms with Crippen LogP contribution in [0.1, 0.15) is 60.8 Å². The van der Waals surface area contributed by atoms with Crippen LogP contribution in [-0.2, 0) is 9.53 Å². The Hall–Kier alpha value is -0.530. The van der Waals surface area contributed by atoms with Gasteiger partial charge in [0.15, 0.2) is 0 Å². The molecule has 0 amide bonds. The van der Waals surface area contributed by atoms with Gasteiger partial charge in [-0.15, -0.1) is 0 Å². The molecule has 0 rings (SSSR count). The molecule has 0 aliphatic rings. The molecular weight excluding hydrogens is 200 g/mol. The minimum atomic E-state index is -0.0335. The molecule has 0 fully saturated rings. The molecule has 0 aromatic heterocycles. The quantitative estimate of drug-likeness (QED) is 0.615. The molecule has 1 unspecified atom stereocenters. The summed E-state index contributed by atoms with van der Waals surface area (Å²) in [7, 11) is 0. The molecule has 0 aliphatic heterocycles. The van der Waals surface area contributed by atoms with E-state index in [9.17, 15) is 4.79 Å². The molecule has 0 aromatic carbocycles. The zero-order valence-corrected chi connectivity index (χ0v) is 11.7. The average Bonchev–Trinajstić information content (AvgIpc) is 2.14. The van der Waals surface area contributed by atoms with Crippen molar-refractivity contribution >= 4 is 5.97 Å². The van der Waals surface area contributed by atoms with Crippen LogP contribution >= 0.6 is 0 Å². The van der Waals surface area contributed by atoms with Crippen LogP contribution in [-0.4, -0.2) is 12.1 Å². The van der Waals surface area contributed by atoms with Crippen molar-refractivity contribution in [3.8, 4) is 0 Å². The van der Waals surface area contributed by atoms with Crippen LogP contribution in [0, 0.1) is 17.8 Å². The number of hydrogen-bond donors (Lipinski definition) is 0. The van der Waals surface area contributed by atoms with E-state index in [0.29, 0.717) is 11.8 Å². The van der Waals surface area contributed by atoms with Crippen LogP contribution in [0.3, 0.4) is 0 Å². The molecule has 0 heterocycles. The maximum Gasteiger partial charge on any atom is 0.308 e. The van der Waals surface area contributed by atoms with Crippen LogP contribution in [0.5, 0.6) is 0 Å². The minimum absolute atomic E-state index is 0.0295. The smallest absolute Gasteiger partial charge is 0.308 e. The van der Waals surface area contributed by atoms with Gasteiger partial charge in [0.25, 0.3) is 0 Å². The fourth-order valence-electron chi connectivity index (χ4n) is 1.69. The van der Waals surface area contributed by atoms with E-state index < -0.39 is 0 Å². The normalized spacial score (nSPS) is 13.6. The van der Waals surface area contributed by atoms with E-state index >= 15 is 0 Å². The van der Waals surface area contributed by atoms with E-state index in [4.69, 9.17) is 4.74 Å². The Bertz CT molecular complexity index is 187. The Balaban J connectivity index is 4.24. The fraction of sp³-hybridized carbons (Fsp3) is 0.929. The second-order valence-electron chi connectivity index (χ2n) is 5.63. The molecule has 0 saturated carbocycles. The van der Waals surface area contributed by atoms with Crippen molar-refractivity contribution in [1.82, 2.24) is 0 Å². The van der Waals surface area contributed by atoms with Crippen molar-refractivity contribution in [2.75, 3.05) is 0 Å². The Morgan fingerprint density at radius 2 is 1.44 bits per heavy atom. The summed E-state index contributed by atoms with van der Waals surface area (Å²) in [5, 5.41) is 0. The molecule has 2 nitrogen and oxygen atoms in total. The second kappa shape index (κ2) is 7.70. The highest BCUT2D eigenvalue weighted by Gasteiger charge is 2.20. The van der Waals surface area contributed by atoms with Gasteiger partial charge in [0.1, 0.15) is 6.10 Å². The van der Waals surface area contributed by atoms with E-state index in [1.54, 1.807) is 0 Å². The molecular formula is C14H28O2. The van der Waals surface area contributed by atoms with Gasteiger partial charge in [-0.1, -0.05) is 41.5 Å². The van der Waals surface area contributed by atoms with Crippen molar-refractivity contribution in [3.05, 3.63) is 0 Å². The molecule has 0 N–H and O–H groups in total. The van der Waals surface area contributed by atoms with Gasteiger partial charge in [-0.25, -0.2) is 0 Å². The van der Waals surface area contributed by atoms with E-state index in [0.717, 1.165) is 19.3 Å². The predicted molar refractivity (Wildman–Crippen MR) is 68.2 cm³/mol. The summed E-state index contributed by atoms with van der Waals surface area (Å²) in [4.78, 5) is 11.7. The molecule has 0 bridgehead atoms. The summed E-state index contributed by atoms with van der Waals surface area (Å²) < 4.78 is 5.59. The van der Waals surface area contributed by atoms with Gasteiger partial charge in [0.05, 0.1) is 5.92 Å². The Kier molecular flexibility index (Phi) is 7.44. The van der Waals surface area contributed by atoms with E-state index in [-0.39, 0.29) is 18.0 Å². The molecule has 96 valence electrons. The van der Waals surface area contributed by atoms with Crippen LogP contribution in [0.4, 0.5) is 0 Å². The van der Waals surface area contributed by atoms with Gasteiger partial charge < -0.3 is 4.74 Å². The number of rotatable bonds is 7. The Labute approximate surface area is 101 Å². The molecule has 0 aliphatic carbocycles. The highest BCUT2D eigenvalue weighted by Crippen LogP contribution is 2.18. The van der Waals surface area contributed by atoms with Gasteiger partial charge >= 0.3 is 5.97 Å². The third-order valence-corrected chi connectivity index (χ3v) is 2.77. The van der Waals surface area contributed by atoms with Crippen molar-refractivity contribution in [2.24, 2.45) is 17.8 Å². The number of ether oxygens (including phenoxy) is 1. The largest absolute Gasteiger partial charge is 0.462 e. The van der Waals surface area contributed by atoms with Crippen LogP contribution in [0.15, 0.2) is 0 Å². The standard InChI is InChI=1S/C14H28O2/c1-7-12(6)14(15)16-13(8-10(2)3)9-11(4)5/h10-13H,7-9H2,1-6H3. The lowest BCUT2D eigenvalue weighted by Gasteiger charge is -2.23. The average molecular weight is 228 g/mol. The van der Waals surface area contributed by atoms with E-state index in [1.807, 2.05) is 13.8 Å². The van der Waals surface area contributed by atoms with Gasteiger partial charge in [0.2, 0.25) is 0 Å². The van der Waals surface area contributed by atoms with Crippen LogP contribution < -0.4 is 0 Å². The third-order valence-electron chi connectivity index (χ3n) is 2.77. The maximum atomic E-state index is 11.7. The second-order valence-corrected chi connectivity index (χ2v) is 5.63. The lowest BCUT2D eigenvalue weighted by atomic mass is 9.97. The van der Waals surface area contributed by atoms with Gasteiger partial charge in [-0.3, -0.25) is 4.79 Å². The predicted octanol–water partition coefficient (Wildman–Crippen LogP) is 4.04. The molecule has 0 spiro atoms. The van der Waals surface area contributed by atoms with Gasteiger partial charge in [-0.2, -0.15) is 0 Å². The Morgan fingerprint density at radius 3 is 1.75 bits per heavy atom. The minimum Gasteiger partial charge on any atom is -0.462 e. The van der Waals surface area contributed by atoms with Crippen LogP contribution in [0.25, 0.3) is 0 Å². The molecule has 0 aromatic rings. The van der Waals surface area contributed by atoms with Gasteiger partial charge in [-0.05, 0) is 31.1 Å². The SMILES string of the molecule is CCC(C)C(=O)OC(CC(C)C)CC(C)C. The molecule has 16 heavy (non-hydrogen) atoms. The van der Waals surface area contributed by atoms with Crippen molar-refractivity contribution in [2.45, 2.75) is 66.9 Å². The first-order valence-electron chi connectivity index (χ1n) is 6.57. The summed E-state index contributed by atoms with van der Waals surface area (Å²) >= 11 is 0. The topological polar surface area (TPSA) is 26.3 Å². The van der Waals surface area contributed by atoms with E-state index in [1.165, 1.54) is 0 Å². The summed E-state index contributed by atoms with van der Waals surface area (Å²) in [6.45, 7) is 12.6. The highest BCUT2D eigenvalue weighted by atomic mass is 16.5. The summed E-state index contributed by atoms with van der Waals surface area (Å²) in [6.07, 6.45) is 2.90. The number of esters is 1. The number of carbonyl (C=O) groups is 1. The monoisotopic (exact) mass is 228 g/mol. The number of carbonyl (C=O) groups excluding carboxylic acids is 1. The summed E-state index contributed by atoms with van der Waals surface area (Å²) in [5.74, 6) is 1.15. The first-order valence-corrected chi connectivity index (χ1v) is 6.57. The van der Waals surface area contributed by atoms with Gasteiger partial charge in [0, 0.05) is 0 Å². The zero-order valence-electron chi connectivity index (χ0n) is 11.7. The van der Waals surface area contributed by atoms with E-state index in [2.05, 4.69) is 27.7 Å². The zero-order chi connectivity index (χ0) is 12.7.